The molecule has 0 spiro atoms. The second-order valence-electron chi connectivity index (χ2n) is 11.8. The molecule has 7 N–H and O–H groups in total. The largest absolute Gasteiger partial charge is 0.494 e. The van der Waals surface area contributed by atoms with Gasteiger partial charge in [-0.1, -0.05) is 0 Å². The molecule has 46 heavy (non-hydrogen) atoms. The average Bonchev–Trinajstić information content (AvgIpc) is 3.01. The van der Waals surface area contributed by atoms with Gasteiger partial charge in [-0.2, -0.15) is 0 Å². The molecule has 3 amide bonds. The summed E-state index contributed by atoms with van der Waals surface area (Å²) in [5.41, 5.74) is 0.490. The SMILES string of the molecule is O=C(O)C[C@H](NC(=O)[C@@H]1CCCN(C(=O)CCC2CCNCC2)C1)C1=CNCC(OCCNC(=O)CN(CC(=O)O)CC(=O)O)=C1. The summed E-state index contributed by atoms with van der Waals surface area (Å²) in [5.74, 6) is -3.92. The Bertz CT molecular complexity index is 1150. The first kappa shape index (κ1) is 36.3. The highest BCUT2D eigenvalue weighted by Crippen LogP contribution is 2.23. The summed E-state index contributed by atoms with van der Waals surface area (Å²) < 4.78 is 5.71. The number of nitrogens with zero attached hydrogens (tertiary/aromatic N) is 2. The molecule has 256 valence electrons. The summed E-state index contributed by atoms with van der Waals surface area (Å²) in [6, 6.07) is -0.850. The zero-order valence-electron chi connectivity index (χ0n) is 26.0. The number of dihydropyridines is 1. The molecule has 3 rings (SSSR count). The molecule has 0 bridgehead atoms. The van der Waals surface area contributed by atoms with Crippen molar-refractivity contribution in [3.63, 3.8) is 0 Å². The van der Waals surface area contributed by atoms with Gasteiger partial charge in [-0.15, -0.1) is 0 Å². The van der Waals surface area contributed by atoms with Gasteiger partial charge in [-0.05, 0) is 62.8 Å². The molecule has 16 nitrogen and oxygen atoms in total. The maximum absolute atomic E-state index is 13.3. The number of hydrogen-bond donors (Lipinski definition) is 7. The van der Waals surface area contributed by atoms with Crippen molar-refractivity contribution >= 4 is 35.6 Å². The van der Waals surface area contributed by atoms with Gasteiger partial charge in [0.15, 0.2) is 0 Å². The number of carboxylic acid groups (broad SMARTS) is 3. The lowest BCUT2D eigenvalue weighted by atomic mass is 9.92. The van der Waals surface area contributed by atoms with E-state index in [4.69, 9.17) is 14.9 Å². The predicted octanol–water partition coefficient (Wildman–Crippen LogP) is -1.06. The lowest BCUT2D eigenvalue weighted by molar-refractivity contribution is -0.143. The first-order valence-electron chi connectivity index (χ1n) is 15.7. The molecule has 2 saturated heterocycles. The molecule has 0 aliphatic carbocycles. The van der Waals surface area contributed by atoms with Crippen LogP contribution in [0.3, 0.4) is 0 Å². The van der Waals surface area contributed by atoms with Gasteiger partial charge in [-0.3, -0.25) is 33.7 Å². The Balaban J connectivity index is 1.49. The van der Waals surface area contributed by atoms with E-state index in [2.05, 4.69) is 21.3 Å². The maximum Gasteiger partial charge on any atom is 0.317 e. The molecule has 2 atom stereocenters. The zero-order valence-corrected chi connectivity index (χ0v) is 26.0. The molecule has 3 heterocycles. The van der Waals surface area contributed by atoms with E-state index in [1.54, 1.807) is 17.2 Å². The van der Waals surface area contributed by atoms with E-state index in [0.717, 1.165) is 37.3 Å². The first-order valence-corrected chi connectivity index (χ1v) is 15.7. The third-order valence-electron chi connectivity index (χ3n) is 8.14. The van der Waals surface area contributed by atoms with E-state index >= 15 is 0 Å². The number of ether oxygens (including phenoxy) is 1. The monoisotopic (exact) mass is 650 g/mol. The lowest BCUT2D eigenvalue weighted by Gasteiger charge is -2.33. The van der Waals surface area contributed by atoms with Gasteiger partial charge in [0.2, 0.25) is 17.7 Å². The van der Waals surface area contributed by atoms with Crippen LogP contribution in [0.25, 0.3) is 0 Å². The van der Waals surface area contributed by atoms with Crippen molar-refractivity contribution in [2.24, 2.45) is 11.8 Å². The average molecular weight is 651 g/mol. The van der Waals surface area contributed by atoms with Crippen LogP contribution < -0.4 is 21.3 Å². The third-order valence-corrected chi connectivity index (χ3v) is 8.14. The Labute approximate surface area is 267 Å². The summed E-state index contributed by atoms with van der Waals surface area (Å²) in [7, 11) is 0. The standard InChI is InChI=1S/C30H46N6O10/c37-25(17-35(18-28(41)42)19-29(43)44)33-9-11-46-23-12-22(14-32-15-23)24(13-27(39)40)34-30(45)21-2-1-10-36(16-21)26(38)4-3-20-5-7-31-8-6-20/h12,14,20-21,24,31-32H,1-11,13,15-19H2,(H,33,37)(H,34,45)(H,39,40)(H,41,42)(H,43,44)/t21-,24+/m1/s1. The molecular formula is C30H46N6O10. The molecule has 0 radical (unpaired) electrons. The van der Waals surface area contributed by atoms with Crippen LogP contribution in [0.1, 0.15) is 44.9 Å². The summed E-state index contributed by atoms with van der Waals surface area (Å²) in [6.45, 7) is 1.60. The van der Waals surface area contributed by atoms with Crippen LogP contribution in [0.15, 0.2) is 23.6 Å². The van der Waals surface area contributed by atoms with E-state index in [1.807, 2.05) is 0 Å². The van der Waals surface area contributed by atoms with Gasteiger partial charge in [0, 0.05) is 25.7 Å². The number of piperidine rings is 2. The summed E-state index contributed by atoms with van der Waals surface area (Å²) >= 11 is 0. The highest BCUT2D eigenvalue weighted by atomic mass is 16.5. The minimum absolute atomic E-state index is 0.0317. The molecule has 0 saturated carbocycles. The van der Waals surface area contributed by atoms with Crippen molar-refractivity contribution in [1.29, 1.82) is 0 Å². The molecule has 3 aliphatic heterocycles. The number of likely N-dealkylation sites (tertiary alicyclic amines) is 1. The van der Waals surface area contributed by atoms with Crippen LogP contribution in [-0.4, -0.2) is 132 Å². The number of aliphatic carboxylic acids is 3. The van der Waals surface area contributed by atoms with Gasteiger partial charge in [0.25, 0.3) is 0 Å². The van der Waals surface area contributed by atoms with E-state index in [-0.39, 0.29) is 37.9 Å². The lowest BCUT2D eigenvalue weighted by Crippen LogP contribution is -2.48. The fourth-order valence-corrected chi connectivity index (χ4v) is 5.81. The highest BCUT2D eigenvalue weighted by molar-refractivity contribution is 5.83. The normalized spacial score (nSPS) is 19.2. The number of hydrogen-bond acceptors (Lipinski definition) is 10. The Morgan fingerprint density at radius 1 is 1.00 bits per heavy atom. The predicted molar refractivity (Wildman–Crippen MR) is 163 cm³/mol. The van der Waals surface area contributed by atoms with Crippen LogP contribution >= 0.6 is 0 Å². The molecule has 3 aliphatic rings. The fraction of sp³-hybridized carbons (Fsp3) is 0.667. The van der Waals surface area contributed by atoms with E-state index in [9.17, 15) is 33.9 Å². The fourth-order valence-electron chi connectivity index (χ4n) is 5.81. The topological polar surface area (TPSA) is 227 Å². The summed E-state index contributed by atoms with van der Waals surface area (Å²) in [6.07, 6.45) is 7.60. The minimum Gasteiger partial charge on any atom is -0.494 e. The quantitative estimate of drug-likeness (QED) is 0.0879. The van der Waals surface area contributed by atoms with Crippen molar-refractivity contribution < 1.29 is 48.8 Å². The van der Waals surface area contributed by atoms with Crippen LogP contribution in [0.5, 0.6) is 0 Å². The molecule has 16 heteroatoms. The summed E-state index contributed by atoms with van der Waals surface area (Å²) in [4.78, 5) is 74.6. The second kappa shape index (κ2) is 18.7. The number of carbonyl (C=O) groups excluding carboxylic acids is 3. The third kappa shape index (κ3) is 13.0. The van der Waals surface area contributed by atoms with Gasteiger partial charge in [0.1, 0.15) is 12.4 Å². The van der Waals surface area contributed by atoms with Crippen LogP contribution in [-0.2, 0) is 33.5 Å². The first-order chi connectivity index (χ1) is 22.0. The second-order valence-corrected chi connectivity index (χ2v) is 11.8. The highest BCUT2D eigenvalue weighted by Gasteiger charge is 2.31. The van der Waals surface area contributed by atoms with E-state index in [1.165, 1.54) is 0 Å². The van der Waals surface area contributed by atoms with Crippen molar-refractivity contribution in [3.8, 4) is 0 Å². The number of nitrogens with one attached hydrogen (secondary N) is 4. The molecule has 2 fully saturated rings. The smallest absolute Gasteiger partial charge is 0.317 e. The maximum atomic E-state index is 13.3. The van der Waals surface area contributed by atoms with Gasteiger partial charge in [0.05, 0.1) is 51.1 Å². The molecule has 0 unspecified atom stereocenters. The number of amides is 3. The van der Waals surface area contributed by atoms with E-state index in [0.29, 0.717) is 49.6 Å². The molecule has 0 aromatic rings. The molecule has 0 aromatic heterocycles. The zero-order chi connectivity index (χ0) is 33.5. The van der Waals surface area contributed by atoms with Gasteiger partial charge >= 0.3 is 17.9 Å². The Kier molecular flexibility index (Phi) is 14.8. The molecule has 0 aromatic carbocycles. The van der Waals surface area contributed by atoms with Crippen LogP contribution in [0.4, 0.5) is 0 Å². The number of carboxylic acids is 3. The minimum atomic E-state index is -1.26. The summed E-state index contributed by atoms with van der Waals surface area (Å²) in [5, 5.41) is 39.1. The number of carbonyl (C=O) groups is 6. The van der Waals surface area contributed by atoms with Crippen LogP contribution in [0, 0.1) is 11.8 Å². The Morgan fingerprint density at radius 2 is 1.72 bits per heavy atom. The van der Waals surface area contributed by atoms with E-state index < -0.39 is 55.4 Å². The van der Waals surface area contributed by atoms with Crippen molar-refractivity contribution in [1.82, 2.24) is 31.1 Å². The van der Waals surface area contributed by atoms with Crippen molar-refractivity contribution in [3.05, 3.63) is 23.6 Å². The Hall–Kier alpha value is -4.18. The van der Waals surface area contributed by atoms with Gasteiger partial charge < -0.3 is 46.2 Å². The van der Waals surface area contributed by atoms with Crippen molar-refractivity contribution in [2.75, 3.05) is 65.5 Å². The van der Waals surface area contributed by atoms with Crippen molar-refractivity contribution in [2.45, 2.75) is 51.0 Å². The Morgan fingerprint density at radius 3 is 2.39 bits per heavy atom. The van der Waals surface area contributed by atoms with Gasteiger partial charge in [-0.25, -0.2) is 0 Å². The molecular weight excluding hydrogens is 604 g/mol. The van der Waals surface area contributed by atoms with Crippen LogP contribution in [0.2, 0.25) is 0 Å². The number of rotatable bonds is 18.